The van der Waals surface area contributed by atoms with Crippen LogP contribution in [0.4, 0.5) is 0 Å². The van der Waals surface area contributed by atoms with Crippen molar-refractivity contribution in [1.29, 1.82) is 0 Å². The van der Waals surface area contributed by atoms with Crippen LogP contribution in [0, 0.1) is 6.92 Å². The molecule has 1 saturated heterocycles. The predicted octanol–water partition coefficient (Wildman–Crippen LogP) is 3.44. The molecule has 4 aromatic rings. The molecule has 0 radical (unpaired) electrons. The van der Waals surface area contributed by atoms with E-state index in [1.165, 1.54) is 32.2 Å². The Bertz CT molecular complexity index is 1720. The second kappa shape index (κ2) is 12.7. The van der Waals surface area contributed by atoms with Crippen molar-refractivity contribution in [3.8, 4) is 0 Å². The summed E-state index contributed by atoms with van der Waals surface area (Å²) in [5.41, 5.74) is -0.576. The molecule has 0 amide bonds. The van der Waals surface area contributed by atoms with E-state index in [4.69, 9.17) is 18.9 Å². The van der Waals surface area contributed by atoms with Gasteiger partial charge in [0.05, 0.1) is 16.7 Å². The standard InChI is InChI=1S/C32H28N2O9/c1-19-18-34(32(39)33-27(19)35)28-26(43-31(38)23-16-10-5-11-17-23)25(42-30(37)22-14-8-4-9-15-22)24(41-28)20(2)40-29(36)21-12-6-3-7-13-21/h3-18,20,24-26,28H,1-2H3,(H,33,35,39)/t20-,24-,25-,26-,28-/m1/s1. The number of carbonyl (C=O) groups is 3. The van der Waals surface area contributed by atoms with Crippen molar-refractivity contribution in [3.63, 3.8) is 0 Å². The third kappa shape index (κ3) is 6.47. The summed E-state index contributed by atoms with van der Waals surface area (Å²) in [6.45, 7) is 3.03. The van der Waals surface area contributed by atoms with Gasteiger partial charge in [0.25, 0.3) is 5.56 Å². The Morgan fingerprint density at radius 3 is 1.72 bits per heavy atom. The highest BCUT2D eigenvalue weighted by Gasteiger charge is 2.54. The van der Waals surface area contributed by atoms with Gasteiger partial charge in [-0.05, 0) is 50.2 Å². The van der Waals surface area contributed by atoms with Crippen molar-refractivity contribution in [2.45, 2.75) is 44.5 Å². The molecule has 5 atom stereocenters. The van der Waals surface area contributed by atoms with Gasteiger partial charge in [-0.3, -0.25) is 14.3 Å². The van der Waals surface area contributed by atoms with E-state index < -0.39 is 59.8 Å². The quantitative estimate of drug-likeness (QED) is 0.243. The molecule has 0 unspecified atom stereocenters. The molecular formula is C32H28N2O9. The smallest absolute Gasteiger partial charge is 0.338 e. The Balaban J connectivity index is 1.55. The largest absolute Gasteiger partial charge is 0.456 e. The fourth-order valence-corrected chi connectivity index (χ4v) is 4.71. The molecule has 1 fully saturated rings. The number of esters is 3. The Labute approximate surface area is 245 Å². The highest BCUT2D eigenvalue weighted by molar-refractivity contribution is 5.91. The third-order valence-electron chi connectivity index (χ3n) is 6.92. The maximum atomic E-state index is 13.3. The van der Waals surface area contributed by atoms with Crippen LogP contribution in [-0.4, -0.2) is 51.9 Å². The summed E-state index contributed by atoms with van der Waals surface area (Å²) >= 11 is 0. The van der Waals surface area contributed by atoms with Gasteiger partial charge in [-0.1, -0.05) is 54.6 Å². The molecule has 11 nitrogen and oxygen atoms in total. The van der Waals surface area contributed by atoms with Crippen LogP contribution in [0.3, 0.4) is 0 Å². The second-order valence-electron chi connectivity index (χ2n) is 9.92. The molecule has 0 saturated carbocycles. The molecule has 1 N–H and O–H groups in total. The van der Waals surface area contributed by atoms with E-state index in [0.29, 0.717) is 0 Å². The Hall–Kier alpha value is -5.29. The first-order valence-corrected chi connectivity index (χ1v) is 13.5. The average molecular weight is 585 g/mol. The van der Waals surface area contributed by atoms with Crippen molar-refractivity contribution in [3.05, 3.63) is 140 Å². The fraction of sp³-hybridized carbons (Fsp3) is 0.219. The molecule has 3 aromatic carbocycles. The van der Waals surface area contributed by atoms with Crippen LogP contribution in [0.15, 0.2) is 107 Å². The Morgan fingerprint density at radius 2 is 1.21 bits per heavy atom. The van der Waals surface area contributed by atoms with Gasteiger partial charge in [0.2, 0.25) is 0 Å². The SMILES string of the molecule is Cc1cn([C@@H]2O[C@H]([C@@H](C)OC(=O)c3ccccc3)[C@@H](OC(=O)c3ccccc3)[C@H]2OC(=O)c2ccccc2)c(=O)[nH]c1=O. The molecule has 0 bridgehead atoms. The Morgan fingerprint density at radius 1 is 0.744 bits per heavy atom. The summed E-state index contributed by atoms with van der Waals surface area (Å²) in [6.07, 6.45) is -5.10. The molecule has 0 aliphatic carbocycles. The van der Waals surface area contributed by atoms with E-state index >= 15 is 0 Å². The maximum absolute atomic E-state index is 13.3. The van der Waals surface area contributed by atoms with Crippen molar-refractivity contribution in [2.75, 3.05) is 0 Å². The molecular weight excluding hydrogens is 556 g/mol. The number of aromatic amines is 1. The molecule has 1 aromatic heterocycles. The first-order chi connectivity index (χ1) is 20.7. The van der Waals surface area contributed by atoms with Crippen molar-refractivity contribution in [1.82, 2.24) is 9.55 Å². The molecule has 1 aliphatic rings. The summed E-state index contributed by atoms with van der Waals surface area (Å²) in [4.78, 5) is 66.8. The van der Waals surface area contributed by atoms with Crippen LogP contribution < -0.4 is 11.2 Å². The lowest BCUT2D eigenvalue weighted by Gasteiger charge is -2.27. The summed E-state index contributed by atoms with van der Waals surface area (Å²) in [7, 11) is 0. The number of ether oxygens (including phenoxy) is 4. The lowest BCUT2D eigenvalue weighted by Crippen LogP contribution is -2.45. The van der Waals surface area contributed by atoms with Gasteiger partial charge in [-0.2, -0.15) is 0 Å². The zero-order valence-electron chi connectivity index (χ0n) is 23.2. The lowest BCUT2D eigenvalue weighted by atomic mass is 10.0. The molecule has 43 heavy (non-hydrogen) atoms. The number of aryl methyl sites for hydroxylation is 1. The minimum Gasteiger partial charge on any atom is -0.456 e. The summed E-state index contributed by atoms with van der Waals surface area (Å²) < 4.78 is 24.7. The molecule has 0 spiro atoms. The van der Waals surface area contributed by atoms with Gasteiger partial charge < -0.3 is 18.9 Å². The van der Waals surface area contributed by atoms with Crippen LogP contribution in [-0.2, 0) is 18.9 Å². The number of rotatable bonds is 8. The first-order valence-electron chi connectivity index (χ1n) is 13.5. The number of hydrogen-bond donors (Lipinski definition) is 1. The number of carbonyl (C=O) groups excluding carboxylic acids is 3. The lowest BCUT2D eigenvalue weighted by molar-refractivity contribution is -0.0890. The van der Waals surface area contributed by atoms with Gasteiger partial charge in [-0.25, -0.2) is 19.2 Å². The van der Waals surface area contributed by atoms with Crippen LogP contribution in [0.5, 0.6) is 0 Å². The van der Waals surface area contributed by atoms with Gasteiger partial charge in [0.15, 0.2) is 18.4 Å². The molecule has 5 rings (SSSR count). The minimum absolute atomic E-state index is 0.182. The van der Waals surface area contributed by atoms with Gasteiger partial charge in [0, 0.05) is 11.8 Å². The van der Waals surface area contributed by atoms with E-state index in [1.54, 1.807) is 78.9 Å². The predicted molar refractivity (Wildman–Crippen MR) is 153 cm³/mol. The van der Waals surface area contributed by atoms with Crippen molar-refractivity contribution < 1.29 is 33.3 Å². The number of benzene rings is 3. The summed E-state index contributed by atoms with van der Waals surface area (Å²) in [5.74, 6) is -2.20. The van der Waals surface area contributed by atoms with E-state index in [2.05, 4.69) is 4.98 Å². The third-order valence-corrected chi connectivity index (χ3v) is 6.92. The zero-order chi connectivity index (χ0) is 30.5. The zero-order valence-corrected chi connectivity index (χ0v) is 23.2. The number of hydrogen-bond acceptors (Lipinski definition) is 9. The first kappa shape index (κ1) is 29.2. The maximum Gasteiger partial charge on any atom is 0.338 e. The number of nitrogens with zero attached hydrogens (tertiary/aromatic N) is 1. The average Bonchev–Trinajstić information content (AvgIpc) is 3.37. The monoisotopic (exact) mass is 584 g/mol. The fourth-order valence-electron chi connectivity index (χ4n) is 4.71. The number of aromatic nitrogens is 2. The number of nitrogens with one attached hydrogen (secondary N) is 1. The van der Waals surface area contributed by atoms with E-state index in [9.17, 15) is 24.0 Å². The minimum atomic E-state index is -1.40. The summed E-state index contributed by atoms with van der Waals surface area (Å²) in [5, 5.41) is 0. The molecule has 11 heteroatoms. The van der Waals surface area contributed by atoms with Gasteiger partial charge in [-0.15, -0.1) is 0 Å². The van der Waals surface area contributed by atoms with Crippen LogP contribution >= 0.6 is 0 Å². The van der Waals surface area contributed by atoms with E-state index in [0.717, 1.165) is 4.57 Å². The second-order valence-corrected chi connectivity index (χ2v) is 9.92. The molecule has 220 valence electrons. The topological polar surface area (TPSA) is 143 Å². The van der Waals surface area contributed by atoms with E-state index in [1.807, 2.05) is 0 Å². The summed E-state index contributed by atoms with van der Waals surface area (Å²) in [6, 6.07) is 24.5. The number of H-pyrrole nitrogens is 1. The van der Waals surface area contributed by atoms with Crippen LogP contribution in [0.1, 0.15) is 49.8 Å². The normalized spacial score (nSPS) is 20.1. The van der Waals surface area contributed by atoms with Crippen molar-refractivity contribution in [2.24, 2.45) is 0 Å². The molecule has 2 heterocycles. The Kier molecular flexibility index (Phi) is 8.63. The van der Waals surface area contributed by atoms with Crippen LogP contribution in [0.2, 0.25) is 0 Å². The van der Waals surface area contributed by atoms with Gasteiger partial charge in [0.1, 0.15) is 12.2 Å². The highest BCUT2D eigenvalue weighted by atomic mass is 16.7. The highest BCUT2D eigenvalue weighted by Crippen LogP contribution is 2.36. The van der Waals surface area contributed by atoms with Crippen molar-refractivity contribution >= 4 is 17.9 Å². The molecule has 1 aliphatic heterocycles. The van der Waals surface area contributed by atoms with Crippen LogP contribution in [0.25, 0.3) is 0 Å². The van der Waals surface area contributed by atoms with Gasteiger partial charge >= 0.3 is 23.6 Å². The van der Waals surface area contributed by atoms with E-state index in [-0.39, 0.29) is 22.3 Å².